The fourth-order valence-corrected chi connectivity index (χ4v) is 6.60. The molecule has 1 atom stereocenters. The third-order valence-corrected chi connectivity index (χ3v) is 8.47. The van der Waals surface area contributed by atoms with Crippen molar-refractivity contribution in [2.45, 2.75) is 56.7 Å². The monoisotopic (exact) mass is 576 g/mol. The van der Waals surface area contributed by atoms with Gasteiger partial charge in [0, 0.05) is 16.7 Å². The minimum Gasteiger partial charge on any atom is -0.377 e. The zero-order valence-corrected chi connectivity index (χ0v) is 22.5. The summed E-state index contributed by atoms with van der Waals surface area (Å²) < 4.78 is 47.7. The van der Waals surface area contributed by atoms with Crippen LogP contribution in [-0.4, -0.2) is 51.4 Å². The van der Waals surface area contributed by atoms with Crippen LogP contribution in [0.2, 0.25) is 5.02 Å². The first kappa shape index (κ1) is 27.0. The number of carbonyl (C=O) groups excluding carboxylic acids is 1. The molecule has 0 bridgehead atoms. The van der Waals surface area contributed by atoms with Crippen molar-refractivity contribution < 1.29 is 22.7 Å². The lowest BCUT2D eigenvalue weighted by atomic mass is 9.74. The van der Waals surface area contributed by atoms with Crippen molar-refractivity contribution >= 4 is 34.5 Å². The number of piperidine rings is 1. The largest absolute Gasteiger partial charge is 0.416 e. The Balaban J connectivity index is 1.44. The Morgan fingerprint density at radius 2 is 2.08 bits per heavy atom. The molecule has 1 spiro atoms. The summed E-state index contributed by atoms with van der Waals surface area (Å²) in [5, 5.41) is 10.4. The summed E-state index contributed by atoms with van der Waals surface area (Å²) in [4.78, 5) is 32.0. The van der Waals surface area contributed by atoms with Crippen LogP contribution >= 0.6 is 11.6 Å². The van der Waals surface area contributed by atoms with Crippen LogP contribution in [-0.2, 0) is 27.7 Å². The van der Waals surface area contributed by atoms with Gasteiger partial charge in [-0.2, -0.15) is 22.7 Å². The Labute approximate surface area is 232 Å². The predicted molar refractivity (Wildman–Crippen MR) is 143 cm³/mol. The molecular formula is C27H28ClF3N6O3. The van der Waals surface area contributed by atoms with E-state index in [1.54, 1.807) is 4.57 Å². The van der Waals surface area contributed by atoms with Gasteiger partial charge < -0.3 is 19.9 Å². The lowest BCUT2D eigenvalue weighted by Gasteiger charge is -2.34. The molecule has 1 fully saturated rings. The molecule has 1 saturated heterocycles. The summed E-state index contributed by atoms with van der Waals surface area (Å²) >= 11 is 6.09. The van der Waals surface area contributed by atoms with Crippen LogP contribution in [0.4, 0.5) is 18.9 Å². The third-order valence-electron chi connectivity index (χ3n) is 8.16. The number of hydrogen-bond acceptors (Lipinski definition) is 6. The molecule has 1 aromatic carbocycles. The van der Waals surface area contributed by atoms with Gasteiger partial charge in [-0.3, -0.25) is 9.59 Å². The van der Waals surface area contributed by atoms with Crippen molar-refractivity contribution in [2.75, 3.05) is 31.6 Å². The summed E-state index contributed by atoms with van der Waals surface area (Å²) in [6.07, 6.45) is 0.292. The number of nitrogens with zero attached hydrogens (tertiary/aromatic N) is 4. The molecule has 13 heteroatoms. The first-order valence-electron chi connectivity index (χ1n) is 13.3. The summed E-state index contributed by atoms with van der Waals surface area (Å²) in [5.41, 5.74) is 0.904. The van der Waals surface area contributed by atoms with Gasteiger partial charge >= 0.3 is 6.18 Å². The maximum absolute atomic E-state index is 14.0. The van der Waals surface area contributed by atoms with Crippen LogP contribution in [0.3, 0.4) is 0 Å². The molecule has 0 radical (unpaired) electrons. The third kappa shape index (κ3) is 4.61. The molecule has 6 rings (SSSR count). The van der Waals surface area contributed by atoms with E-state index >= 15 is 0 Å². The van der Waals surface area contributed by atoms with Crippen molar-refractivity contribution in [3.63, 3.8) is 0 Å². The van der Waals surface area contributed by atoms with E-state index in [0.717, 1.165) is 61.8 Å². The molecule has 0 saturated carbocycles. The van der Waals surface area contributed by atoms with Gasteiger partial charge in [-0.1, -0.05) is 24.6 Å². The molecule has 3 aliphatic rings. The number of alkyl halides is 3. The maximum Gasteiger partial charge on any atom is 0.416 e. The standard InChI is InChI=1S/C27H28ClF3N6O3/c1-15-13-26(6-8-32-9-7-26)21-22(15)36(14-20(38)33-19-3-2-17(12-18(19)28)27(29,30)31)25-34-23(35-37(25)24(21)39)16-4-10-40-11-5-16/h2-4,12,15,32H,5-11,13-14H2,1H3,(H,33,38). The van der Waals surface area contributed by atoms with Crippen LogP contribution in [0.1, 0.15) is 61.2 Å². The Kier molecular flexibility index (Phi) is 6.75. The molecule has 212 valence electrons. The SMILES string of the molecule is CC1CC2(CCNCC2)c2c1n(CC(=O)Nc1ccc(C(F)(F)F)cc1Cl)c1nc(C3=CCOCC3)nn1c2=O. The second-order valence-electron chi connectivity index (χ2n) is 10.7. The van der Waals surface area contributed by atoms with Crippen LogP contribution in [0.5, 0.6) is 0 Å². The number of hydrogen-bond donors (Lipinski definition) is 2. The van der Waals surface area contributed by atoms with E-state index in [2.05, 4.69) is 15.7 Å². The molecule has 4 heterocycles. The van der Waals surface area contributed by atoms with Crippen LogP contribution in [0.25, 0.3) is 11.4 Å². The molecule has 9 nitrogen and oxygen atoms in total. The summed E-state index contributed by atoms with van der Waals surface area (Å²) in [5.74, 6) is 0.132. The molecule has 2 aliphatic heterocycles. The number of aromatic nitrogens is 4. The Bertz CT molecular complexity index is 1590. The second-order valence-corrected chi connectivity index (χ2v) is 11.1. The Hall–Kier alpha value is -3.22. The lowest BCUT2D eigenvalue weighted by molar-refractivity contribution is -0.137. The Morgan fingerprint density at radius 3 is 2.75 bits per heavy atom. The molecular weight excluding hydrogens is 549 g/mol. The molecule has 40 heavy (non-hydrogen) atoms. The van der Waals surface area contributed by atoms with Gasteiger partial charge in [-0.05, 0) is 68.5 Å². The van der Waals surface area contributed by atoms with E-state index in [1.165, 1.54) is 4.52 Å². The molecule has 1 unspecified atom stereocenters. The van der Waals surface area contributed by atoms with Crippen molar-refractivity contribution in [3.05, 3.63) is 62.3 Å². The summed E-state index contributed by atoms with van der Waals surface area (Å²) in [6, 6.07) is 2.78. The number of nitrogens with one attached hydrogen (secondary N) is 2. The average molecular weight is 577 g/mol. The number of fused-ring (bicyclic) bond motifs is 3. The molecule has 2 aromatic heterocycles. The molecule has 1 aliphatic carbocycles. The van der Waals surface area contributed by atoms with Gasteiger partial charge in [0.2, 0.25) is 11.7 Å². The number of amides is 1. The van der Waals surface area contributed by atoms with Gasteiger partial charge in [-0.15, -0.1) is 5.10 Å². The quantitative estimate of drug-likeness (QED) is 0.484. The molecule has 1 amide bonds. The number of benzene rings is 1. The fraction of sp³-hybridized carbons (Fsp3) is 0.481. The highest BCUT2D eigenvalue weighted by molar-refractivity contribution is 6.33. The van der Waals surface area contributed by atoms with Gasteiger partial charge in [0.15, 0.2) is 5.82 Å². The van der Waals surface area contributed by atoms with Crippen LogP contribution in [0.15, 0.2) is 29.1 Å². The van der Waals surface area contributed by atoms with Crippen LogP contribution < -0.4 is 16.2 Å². The molecule has 2 N–H and O–H groups in total. The van der Waals surface area contributed by atoms with Crippen molar-refractivity contribution in [1.82, 2.24) is 24.5 Å². The highest BCUT2D eigenvalue weighted by Gasteiger charge is 2.47. The van der Waals surface area contributed by atoms with E-state index in [4.69, 9.17) is 21.3 Å². The highest BCUT2D eigenvalue weighted by atomic mass is 35.5. The minimum atomic E-state index is -4.56. The van der Waals surface area contributed by atoms with E-state index in [1.807, 2.05) is 13.0 Å². The topological polar surface area (TPSA) is 103 Å². The second kappa shape index (κ2) is 10.0. The number of rotatable bonds is 4. The smallest absolute Gasteiger partial charge is 0.377 e. The molecule has 3 aromatic rings. The fourth-order valence-electron chi connectivity index (χ4n) is 6.38. The first-order chi connectivity index (χ1) is 19.1. The minimum absolute atomic E-state index is 0.0179. The normalized spacial score (nSPS) is 20.5. The van der Waals surface area contributed by atoms with E-state index in [-0.39, 0.29) is 39.9 Å². The van der Waals surface area contributed by atoms with E-state index < -0.39 is 17.6 Å². The van der Waals surface area contributed by atoms with Crippen LogP contribution in [0, 0.1) is 0 Å². The van der Waals surface area contributed by atoms with Gasteiger partial charge in [0.05, 0.1) is 29.5 Å². The maximum atomic E-state index is 14.0. The number of anilines is 1. The summed E-state index contributed by atoms with van der Waals surface area (Å²) in [6.45, 7) is 4.34. The highest BCUT2D eigenvalue weighted by Crippen LogP contribution is 2.49. The first-order valence-corrected chi connectivity index (χ1v) is 13.6. The van der Waals surface area contributed by atoms with E-state index in [9.17, 15) is 22.8 Å². The lowest BCUT2D eigenvalue weighted by Crippen LogP contribution is -2.42. The summed E-state index contributed by atoms with van der Waals surface area (Å²) in [7, 11) is 0. The van der Waals surface area contributed by atoms with Gasteiger partial charge in [-0.25, -0.2) is 0 Å². The zero-order valence-electron chi connectivity index (χ0n) is 21.8. The van der Waals surface area contributed by atoms with Crippen molar-refractivity contribution in [1.29, 1.82) is 0 Å². The van der Waals surface area contributed by atoms with Gasteiger partial charge in [0.1, 0.15) is 6.54 Å². The average Bonchev–Trinajstić information content (AvgIpc) is 3.48. The number of carbonyl (C=O) groups is 1. The number of halogens is 4. The van der Waals surface area contributed by atoms with E-state index in [0.29, 0.717) is 31.0 Å². The van der Waals surface area contributed by atoms with Gasteiger partial charge in [0.25, 0.3) is 5.56 Å². The zero-order chi connectivity index (χ0) is 28.2. The van der Waals surface area contributed by atoms with Crippen molar-refractivity contribution in [3.8, 4) is 0 Å². The van der Waals surface area contributed by atoms with Crippen molar-refractivity contribution in [2.24, 2.45) is 0 Å². The Morgan fingerprint density at radius 1 is 1.30 bits per heavy atom. The number of ether oxygens (including phenoxy) is 1. The predicted octanol–water partition coefficient (Wildman–Crippen LogP) is 4.13.